The van der Waals surface area contributed by atoms with Crippen molar-refractivity contribution in [3.63, 3.8) is 0 Å². The molecule has 1 N–H and O–H groups in total. The van der Waals surface area contributed by atoms with E-state index in [9.17, 15) is 18.7 Å². The zero-order valence-electron chi connectivity index (χ0n) is 15.1. The molecule has 1 aliphatic carbocycles. The lowest BCUT2D eigenvalue weighted by atomic mass is 9.66. The Hall–Kier alpha value is -2.27. The van der Waals surface area contributed by atoms with Gasteiger partial charge >= 0.3 is 0 Å². The van der Waals surface area contributed by atoms with Crippen LogP contribution in [-0.2, 0) is 0 Å². The van der Waals surface area contributed by atoms with Crippen LogP contribution in [0, 0.1) is 17.6 Å². The number of nitrogens with zero attached hydrogens (tertiary/aromatic N) is 1. The molecule has 5 heteroatoms. The Morgan fingerprint density at radius 2 is 1.81 bits per heavy atom. The highest BCUT2D eigenvalue weighted by Gasteiger charge is 2.50. The van der Waals surface area contributed by atoms with E-state index in [4.69, 9.17) is 0 Å². The van der Waals surface area contributed by atoms with Crippen LogP contribution in [0.4, 0.5) is 8.78 Å². The number of likely N-dealkylation sites (tertiary alicyclic amines) is 1. The largest absolute Gasteiger partial charge is 0.389 e. The molecule has 0 radical (unpaired) electrons. The third-order valence-electron chi connectivity index (χ3n) is 6.11. The fourth-order valence-electron chi connectivity index (χ4n) is 4.77. The SMILES string of the molecule is O=C(c1cccc(F)c1)N1CC[C@]2(O)CCCC[C@@H]2[C@@H]1c1ccc(F)cc1. The van der Waals surface area contributed by atoms with Crippen molar-refractivity contribution in [1.82, 2.24) is 4.90 Å². The summed E-state index contributed by atoms with van der Waals surface area (Å²) in [7, 11) is 0. The van der Waals surface area contributed by atoms with Gasteiger partial charge in [0.1, 0.15) is 11.6 Å². The minimum absolute atomic E-state index is 0.108. The van der Waals surface area contributed by atoms with Gasteiger partial charge in [0, 0.05) is 18.0 Å². The van der Waals surface area contributed by atoms with Crippen LogP contribution in [-0.4, -0.2) is 28.1 Å². The van der Waals surface area contributed by atoms with Crippen LogP contribution in [0.2, 0.25) is 0 Å². The van der Waals surface area contributed by atoms with Crippen LogP contribution in [0.3, 0.4) is 0 Å². The average Bonchev–Trinajstić information content (AvgIpc) is 2.67. The molecule has 1 saturated carbocycles. The van der Waals surface area contributed by atoms with E-state index in [1.165, 1.54) is 30.3 Å². The van der Waals surface area contributed by atoms with Crippen molar-refractivity contribution in [3.05, 3.63) is 71.3 Å². The Labute approximate surface area is 157 Å². The maximum atomic E-state index is 13.6. The normalized spacial score (nSPS) is 27.9. The van der Waals surface area contributed by atoms with E-state index in [1.807, 2.05) is 0 Å². The topological polar surface area (TPSA) is 40.5 Å². The van der Waals surface area contributed by atoms with Gasteiger partial charge in [0.05, 0.1) is 11.6 Å². The van der Waals surface area contributed by atoms with Crippen molar-refractivity contribution in [2.24, 2.45) is 5.92 Å². The van der Waals surface area contributed by atoms with Gasteiger partial charge in [-0.3, -0.25) is 4.79 Å². The molecule has 2 aromatic carbocycles. The number of carbonyl (C=O) groups is 1. The number of benzene rings is 2. The molecule has 0 bridgehead atoms. The van der Waals surface area contributed by atoms with Crippen molar-refractivity contribution in [2.75, 3.05) is 6.54 Å². The molecule has 2 fully saturated rings. The summed E-state index contributed by atoms with van der Waals surface area (Å²) >= 11 is 0. The Balaban J connectivity index is 1.75. The van der Waals surface area contributed by atoms with E-state index >= 15 is 0 Å². The standard InChI is InChI=1S/C22H23F2NO2/c23-17-9-7-15(8-10-17)20-19-6-1-2-11-22(19,27)12-13-25(20)21(26)16-4-3-5-18(24)14-16/h3-5,7-10,14,19-20,27H,1-2,6,11-13H2/t19-,20+,22-/m1/s1. The molecule has 1 heterocycles. The predicted molar refractivity (Wildman–Crippen MR) is 98.1 cm³/mol. The van der Waals surface area contributed by atoms with Crippen LogP contribution in [0.15, 0.2) is 48.5 Å². The van der Waals surface area contributed by atoms with E-state index in [2.05, 4.69) is 0 Å². The molecule has 142 valence electrons. The number of piperidine rings is 1. The highest BCUT2D eigenvalue weighted by Crippen LogP contribution is 2.49. The lowest BCUT2D eigenvalue weighted by molar-refractivity contribution is -0.115. The molecular formula is C22H23F2NO2. The Kier molecular flexibility index (Phi) is 4.72. The van der Waals surface area contributed by atoms with Crippen LogP contribution >= 0.6 is 0 Å². The highest BCUT2D eigenvalue weighted by molar-refractivity contribution is 5.94. The second-order valence-electron chi connectivity index (χ2n) is 7.71. The zero-order chi connectivity index (χ0) is 19.0. The fourth-order valence-corrected chi connectivity index (χ4v) is 4.77. The first-order chi connectivity index (χ1) is 13.0. The summed E-state index contributed by atoms with van der Waals surface area (Å²) in [4.78, 5) is 14.9. The van der Waals surface area contributed by atoms with Gasteiger partial charge in [-0.05, 0) is 55.2 Å². The molecule has 1 aliphatic heterocycles. The van der Waals surface area contributed by atoms with Crippen molar-refractivity contribution in [2.45, 2.75) is 43.7 Å². The molecule has 0 unspecified atom stereocenters. The second kappa shape index (κ2) is 7.04. The van der Waals surface area contributed by atoms with Gasteiger partial charge in [0.25, 0.3) is 5.91 Å². The van der Waals surface area contributed by atoms with Gasteiger partial charge in [0.2, 0.25) is 0 Å². The molecule has 0 spiro atoms. The van der Waals surface area contributed by atoms with E-state index < -0.39 is 11.4 Å². The van der Waals surface area contributed by atoms with Crippen LogP contribution < -0.4 is 0 Å². The first-order valence-corrected chi connectivity index (χ1v) is 9.52. The van der Waals surface area contributed by atoms with E-state index in [0.717, 1.165) is 31.2 Å². The number of halogens is 2. The average molecular weight is 371 g/mol. The van der Waals surface area contributed by atoms with Gasteiger partial charge < -0.3 is 10.0 Å². The van der Waals surface area contributed by atoms with Gasteiger partial charge in [-0.25, -0.2) is 8.78 Å². The summed E-state index contributed by atoms with van der Waals surface area (Å²) in [5.41, 5.74) is 0.297. The maximum absolute atomic E-state index is 13.6. The molecule has 3 atom stereocenters. The van der Waals surface area contributed by atoms with Crippen molar-refractivity contribution >= 4 is 5.91 Å². The molecule has 3 nitrogen and oxygen atoms in total. The summed E-state index contributed by atoms with van der Waals surface area (Å²) in [5, 5.41) is 11.2. The number of fused-ring (bicyclic) bond motifs is 1. The number of hydrogen-bond donors (Lipinski definition) is 1. The first kappa shape index (κ1) is 18.1. The van der Waals surface area contributed by atoms with Gasteiger partial charge in [-0.1, -0.05) is 31.0 Å². The predicted octanol–water partition coefficient (Wildman–Crippen LogP) is 4.47. The summed E-state index contributed by atoms with van der Waals surface area (Å²) < 4.78 is 27.1. The third-order valence-corrected chi connectivity index (χ3v) is 6.11. The number of amides is 1. The zero-order valence-corrected chi connectivity index (χ0v) is 15.1. The van der Waals surface area contributed by atoms with Crippen molar-refractivity contribution < 1.29 is 18.7 Å². The highest BCUT2D eigenvalue weighted by atomic mass is 19.1. The molecule has 27 heavy (non-hydrogen) atoms. The Morgan fingerprint density at radius 1 is 1.04 bits per heavy atom. The summed E-state index contributed by atoms with van der Waals surface area (Å²) in [6.45, 7) is 0.393. The number of aliphatic hydroxyl groups is 1. The molecular weight excluding hydrogens is 348 g/mol. The minimum atomic E-state index is -0.810. The second-order valence-corrected chi connectivity index (χ2v) is 7.71. The van der Waals surface area contributed by atoms with Crippen LogP contribution in [0.5, 0.6) is 0 Å². The maximum Gasteiger partial charge on any atom is 0.254 e. The minimum Gasteiger partial charge on any atom is -0.389 e. The lowest BCUT2D eigenvalue weighted by Gasteiger charge is -2.52. The molecule has 2 aromatic rings. The quantitative estimate of drug-likeness (QED) is 0.846. The lowest BCUT2D eigenvalue weighted by Crippen LogP contribution is -2.56. The summed E-state index contributed by atoms with van der Waals surface area (Å²) in [5.74, 6) is -1.15. The third kappa shape index (κ3) is 3.36. The molecule has 0 aromatic heterocycles. The van der Waals surface area contributed by atoms with Gasteiger partial charge in [-0.15, -0.1) is 0 Å². The molecule has 1 saturated heterocycles. The summed E-state index contributed by atoms with van der Waals surface area (Å²) in [6, 6.07) is 11.5. The van der Waals surface area contributed by atoms with E-state index in [0.29, 0.717) is 18.5 Å². The van der Waals surface area contributed by atoms with Crippen molar-refractivity contribution in [1.29, 1.82) is 0 Å². The number of hydrogen-bond acceptors (Lipinski definition) is 2. The van der Waals surface area contributed by atoms with E-state index in [1.54, 1.807) is 23.1 Å². The smallest absolute Gasteiger partial charge is 0.254 e. The number of carbonyl (C=O) groups excluding carboxylic acids is 1. The monoisotopic (exact) mass is 371 g/mol. The van der Waals surface area contributed by atoms with E-state index in [-0.39, 0.29) is 23.7 Å². The number of rotatable bonds is 2. The van der Waals surface area contributed by atoms with Crippen LogP contribution in [0.1, 0.15) is 54.1 Å². The first-order valence-electron chi connectivity index (χ1n) is 9.52. The Morgan fingerprint density at radius 3 is 2.56 bits per heavy atom. The molecule has 2 aliphatic rings. The molecule has 1 amide bonds. The van der Waals surface area contributed by atoms with Gasteiger partial charge in [-0.2, -0.15) is 0 Å². The summed E-state index contributed by atoms with van der Waals surface area (Å²) in [6.07, 6.45) is 4.01. The molecule has 4 rings (SSSR count). The van der Waals surface area contributed by atoms with Gasteiger partial charge in [0.15, 0.2) is 0 Å². The fraction of sp³-hybridized carbons (Fsp3) is 0.409. The van der Waals surface area contributed by atoms with Crippen molar-refractivity contribution in [3.8, 4) is 0 Å². The van der Waals surface area contributed by atoms with Crippen LogP contribution in [0.25, 0.3) is 0 Å². The Bertz CT molecular complexity index is 838.